The summed E-state index contributed by atoms with van der Waals surface area (Å²) in [5.41, 5.74) is 2.17. The van der Waals surface area contributed by atoms with E-state index in [1.165, 1.54) is 0 Å². The molecule has 0 radical (unpaired) electrons. The topological polar surface area (TPSA) is 0 Å². The molecule has 0 N–H and O–H groups in total. The van der Waals surface area contributed by atoms with E-state index in [4.69, 9.17) is 0 Å². The summed E-state index contributed by atoms with van der Waals surface area (Å²) < 4.78 is 25.1. The number of hydrogen-bond donors (Lipinski definition) is 0. The van der Waals surface area contributed by atoms with Crippen molar-refractivity contribution >= 4 is 19.4 Å². The van der Waals surface area contributed by atoms with E-state index in [1.54, 1.807) is 12.1 Å². The summed E-state index contributed by atoms with van der Waals surface area (Å²) in [5, 5.41) is -2.21. The number of rotatable bonds is 3. The van der Waals surface area contributed by atoms with Crippen molar-refractivity contribution in [2.45, 2.75) is 5.32 Å². The van der Waals surface area contributed by atoms with E-state index >= 15 is 0 Å². The van der Waals surface area contributed by atoms with E-state index in [0.717, 1.165) is 15.6 Å². The Labute approximate surface area is 99.5 Å². The first-order valence-electron chi connectivity index (χ1n) is 4.86. The molecule has 0 saturated heterocycles. The van der Waals surface area contributed by atoms with E-state index in [1.807, 2.05) is 42.5 Å². The molecule has 0 atom stereocenters. The minimum atomic E-state index is -2.21. The van der Waals surface area contributed by atoms with E-state index in [9.17, 15) is 8.78 Å². The van der Waals surface area contributed by atoms with E-state index < -0.39 is 20.3 Å². The number of benzene rings is 2. The predicted molar refractivity (Wildman–Crippen MR) is 63.3 cm³/mol. The molecule has 0 heterocycles. The van der Waals surface area contributed by atoms with Gasteiger partial charge in [0.25, 0.3) is 0 Å². The number of halogens is 2. The van der Waals surface area contributed by atoms with Gasteiger partial charge in [-0.25, -0.2) is 0 Å². The Balaban J connectivity index is 2.20. The fourth-order valence-electron chi connectivity index (χ4n) is 1.46. The first-order valence-corrected chi connectivity index (χ1v) is 6.70. The Morgan fingerprint density at radius 3 is 1.88 bits per heavy atom. The van der Waals surface area contributed by atoms with E-state index in [-0.39, 0.29) is 0 Å². The van der Waals surface area contributed by atoms with E-state index in [2.05, 4.69) is 0 Å². The molecule has 2 aromatic rings. The Bertz CT molecular complexity index is 437. The SMILES string of the molecule is FC(F)[Se]c1ccc(-c2ccccc2)cc1. The van der Waals surface area contributed by atoms with Crippen LogP contribution in [0.4, 0.5) is 8.78 Å². The Kier molecular flexibility index (Phi) is 3.70. The summed E-state index contributed by atoms with van der Waals surface area (Å²) in [6, 6.07) is 17.3. The van der Waals surface area contributed by atoms with Gasteiger partial charge in [-0.3, -0.25) is 0 Å². The zero-order chi connectivity index (χ0) is 11.4. The molecule has 82 valence electrons. The van der Waals surface area contributed by atoms with Gasteiger partial charge in [-0.05, 0) is 0 Å². The zero-order valence-corrected chi connectivity index (χ0v) is 10.2. The number of alkyl halides is 2. The van der Waals surface area contributed by atoms with Crippen LogP contribution in [-0.2, 0) is 0 Å². The molecule has 0 saturated carbocycles. The van der Waals surface area contributed by atoms with Crippen molar-refractivity contribution in [1.82, 2.24) is 0 Å². The average Bonchev–Trinajstić information content (AvgIpc) is 2.30. The van der Waals surface area contributed by atoms with Crippen molar-refractivity contribution in [2.75, 3.05) is 0 Å². The van der Waals surface area contributed by atoms with Crippen molar-refractivity contribution in [1.29, 1.82) is 0 Å². The van der Waals surface area contributed by atoms with Gasteiger partial charge in [0, 0.05) is 0 Å². The molecule has 2 rings (SSSR count). The third kappa shape index (κ3) is 2.91. The van der Waals surface area contributed by atoms with Gasteiger partial charge in [0.05, 0.1) is 0 Å². The molecule has 0 spiro atoms. The summed E-state index contributed by atoms with van der Waals surface area (Å²) in [6.45, 7) is 0. The summed E-state index contributed by atoms with van der Waals surface area (Å²) in [4.78, 5) is 0. The van der Waals surface area contributed by atoms with Gasteiger partial charge < -0.3 is 0 Å². The van der Waals surface area contributed by atoms with Crippen LogP contribution in [0.15, 0.2) is 54.6 Å². The normalized spacial score (nSPS) is 10.7. The summed E-state index contributed by atoms with van der Waals surface area (Å²) in [5.74, 6) is 0. The second-order valence-electron chi connectivity index (χ2n) is 3.27. The molecule has 16 heavy (non-hydrogen) atoms. The molecule has 2 aromatic carbocycles. The van der Waals surface area contributed by atoms with Crippen molar-refractivity contribution in [3.05, 3.63) is 54.6 Å². The quantitative estimate of drug-likeness (QED) is 0.760. The first-order chi connectivity index (χ1) is 7.75. The maximum absolute atomic E-state index is 12.2. The second-order valence-corrected chi connectivity index (χ2v) is 5.50. The molecule has 0 nitrogen and oxygen atoms in total. The Morgan fingerprint density at radius 1 is 0.750 bits per heavy atom. The van der Waals surface area contributed by atoms with Gasteiger partial charge in [-0.15, -0.1) is 0 Å². The predicted octanol–water partition coefficient (Wildman–Crippen LogP) is 2.91. The fourth-order valence-corrected chi connectivity index (χ4v) is 2.51. The van der Waals surface area contributed by atoms with Gasteiger partial charge in [-0.1, -0.05) is 0 Å². The Hall–Kier alpha value is -1.18. The van der Waals surface area contributed by atoms with Gasteiger partial charge in [0.1, 0.15) is 0 Å². The molecule has 0 aliphatic heterocycles. The van der Waals surface area contributed by atoms with Crippen LogP contribution in [0.3, 0.4) is 0 Å². The zero-order valence-electron chi connectivity index (χ0n) is 8.44. The van der Waals surface area contributed by atoms with Crippen LogP contribution in [0.2, 0.25) is 0 Å². The third-order valence-corrected chi connectivity index (χ3v) is 3.70. The molecule has 0 unspecified atom stereocenters. The Morgan fingerprint density at radius 2 is 1.31 bits per heavy atom. The maximum atomic E-state index is 12.2. The molecule has 0 aliphatic carbocycles. The molecule has 0 fully saturated rings. The van der Waals surface area contributed by atoms with Crippen LogP contribution in [0.1, 0.15) is 0 Å². The van der Waals surface area contributed by atoms with Gasteiger partial charge in [0.2, 0.25) is 0 Å². The van der Waals surface area contributed by atoms with Crippen LogP contribution < -0.4 is 4.46 Å². The summed E-state index contributed by atoms with van der Waals surface area (Å²) in [7, 11) is 0. The molecule has 0 aliphatic rings. The molecular formula is C13H10F2Se. The minimum absolute atomic E-state index is 0.727. The monoisotopic (exact) mass is 284 g/mol. The van der Waals surface area contributed by atoms with Crippen LogP contribution in [0, 0.1) is 0 Å². The first kappa shape index (κ1) is 11.3. The summed E-state index contributed by atoms with van der Waals surface area (Å²) >= 11 is -0.727. The summed E-state index contributed by atoms with van der Waals surface area (Å²) in [6.07, 6.45) is 0. The van der Waals surface area contributed by atoms with Crippen molar-refractivity contribution in [3.8, 4) is 11.1 Å². The van der Waals surface area contributed by atoms with Gasteiger partial charge in [-0.2, -0.15) is 0 Å². The fraction of sp³-hybridized carbons (Fsp3) is 0.0769. The molecule has 0 aromatic heterocycles. The van der Waals surface area contributed by atoms with Crippen LogP contribution in [0.5, 0.6) is 0 Å². The van der Waals surface area contributed by atoms with E-state index in [0.29, 0.717) is 0 Å². The van der Waals surface area contributed by atoms with Crippen molar-refractivity contribution in [3.63, 3.8) is 0 Å². The molecule has 3 heteroatoms. The van der Waals surface area contributed by atoms with Crippen molar-refractivity contribution < 1.29 is 8.78 Å². The molecule has 0 bridgehead atoms. The van der Waals surface area contributed by atoms with Gasteiger partial charge >= 0.3 is 99.2 Å². The third-order valence-electron chi connectivity index (χ3n) is 2.19. The standard InChI is InChI=1S/C13H10F2Se/c14-13(15)16-12-8-6-11(7-9-12)10-4-2-1-3-5-10/h1-9,13H. The second kappa shape index (κ2) is 5.24. The average molecular weight is 283 g/mol. The van der Waals surface area contributed by atoms with Gasteiger partial charge in [0.15, 0.2) is 0 Å². The number of hydrogen-bond acceptors (Lipinski definition) is 0. The van der Waals surface area contributed by atoms with Crippen LogP contribution >= 0.6 is 0 Å². The molecule has 0 amide bonds. The van der Waals surface area contributed by atoms with Crippen molar-refractivity contribution in [2.24, 2.45) is 0 Å². The van der Waals surface area contributed by atoms with Crippen LogP contribution in [0.25, 0.3) is 11.1 Å². The molecular weight excluding hydrogens is 273 g/mol. The van der Waals surface area contributed by atoms with Crippen LogP contribution in [-0.4, -0.2) is 20.3 Å².